The number of hydrogen-bond acceptors (Lipinski definition) is 4. The van der Waals surface area contributed by atoms with Crippen LogP contribution >= 0.6 is 15.9 Å². The summed E-state index contributed by atoms with van der Waals surface area (Å²) >= 11 is 3.32. The number of halogens is 1. The molecule has 1 aromatic heterocycles. The van der Waals surface area contributed by atoms with Crippen LogP contribution in [0.2, 0.25) is 0 Å². The Morgan fingerprint density at radius 1 is 1.04 bits per heavy atom. The Kier molecular flexibility index (Phi) is 5.45. The molecule has 0 spiro atoms. The molecule has 130 valence electrons. The lowest BCUT2D eigenvalue weighted by molar-refractivity contribution is -0.137. The fourth-order valence-electron chi connectivity index (χ4n) is 2.74. The van der Waals surface area contributed by atoms with Gasteiger partial charge in [-0.05, 0) is 18.2 Å². The second kappa shape index (κ2) is 7.76. The highest BCUT2D eigenvalue weighted by atomic mass is 79.9. The van der Waals surface area contributed by atoms with E-state index in [1.807, 2.05) is 0 Å². The van der Waals surface area contributed by atoms with Crippen LogP contribution in [0.3, 0.4) is 0 Å². The maximum absolute atomic E-state index is 13.0. The van der Waals surface area contributed by atoms with E-state index in [-0.39, 0.29) is 11.5 Å². The predicted octanol–water partition coefficient (Wildman–Crippen LogP) is 1.89. The van der Waals surface area contributed by atoms with Crippen molar-refractivity contribution in [2.24, 2.45) is 0 Å². The van der Waals surface area contributed by atoms with Crippen molar-refractivity contribution < 1.29 is 14.3 Å². The number of ketones is 1. The summed E-state index contributed by atoms with van der Waals surface area (Å²) in [6, 6.07) is 10.1. The van der Waals surface area contributed by atoms with Crippen LogP contribution in [0, 0.1) is 0 Å². The van der Waals surface area contributed by atoms with Gasteiger partial charge in [-0.1, -0.05) is 34.1 Å². The van der Waals surface area contributed by atoms with Gasteiger partial charge < -0.3 is 9.64 Å². The van der Waals surface area contributed by atoms with E-state index in [4.69, 9.17) is 4.74 Å². The first kappa shape index (κ1) is 17.6. The first-order chi connectivity index (χ1) is 12.1. The SMILES string of the molecule is O=C(c1ccc(Br)cc1)C(C(=O)N1CCOCC1)n1ccccc1=O. The Morgan fingerprint density at radius 2 is 1.72 bits per heavy atom. The third kappa shape index (κ3) is 3.88. The first-order valence-electron chi connectivity index (χ1n) is 7.91. The summed E-state index contributed by atoms with van der Waals surface area (Å²) in [5.41, 5.74) is -0.00914. The van der Waals surface area contributed by atoms with Crippen molar-refractivity contribution in [3.05, 3.63) is 69.1 Å². The minimum absolute atomic E-state index is 0.380. The Hall–Kier alpha value is -2.25. The van der Waals surface area contributed by atoms with Gasteiger partial charge in [0, 0.05) is 35.4 Å². The smallest absolute Gasteiger partial charge is 0.254 e. The quantitative estimate of drug-likeness (QED) is 0.576. The summed E-state index contributed by atoms with van der Waals surface area (Å²) in [6.07, 6.45) is 1.47. The highest BCUT2D eigenvalue weighted by Gasteiger charge is 2.34. The van der Waals surface area contributed by atoms with E-state index in [1.165, 1.54) is 16.8 Å². The van der Waals surface area contributed by atoms with E-state index in [1.54, 1.807) is 41.3 Å². The highest BCUT2D eigenvalue weighted by molar-refractivity contribution is 9.10. The summed E-state index contributed by atoms with van der Waals surface area (Å²) in [4.78, 5) is 39.9. The number of amides is 1. The van der Waals surface area contributed by atoms with Crippen LogP contribution in [-0.4, -0.2) is 47.5 Å². The molecule has 6 nitrogen and oxygen atoms in total. The summed E-state index contributed by atoms with van der Waals surface area (Å²) < 4.78 is 7.29. The molecule has 1 amide bonds. The number of rotatable bonds is 4. The number of hydrogen-bond donors (Lipinski definition) is 0. The van der Waals surface area contributed by atoms with E-state index in [0.717, 1.165) is 4.47 Å². The first-order valence-corrected chi connectivity index (χ1v) is 8.71. The summed E-state index contributed by atoms with van der Waals surface area (Å²) in [7, 11) is 0. The Bertz CT molecular complexity index is 825. The van der Waals surface area contributed by atoms with Crippen molar-refractivity contribution in [1.29, 1.82) is 0 Å². The molecule has 25 heavy (non-hydrogen) atoms. The van der Waals surface area contributed by atoms with Crippen LogP contribution in [0.1, 0.15) is 16.4 Å². The zero-order valence-electron chi connectivity index (χ0n) is 13.4. The summed E-state index contributed by atoms with van der Waals surface area (Å²) in [5, 5.41) is 0. The normalized spacial score (nSPS) is 15.6. The number of pyridine rings is 1. The van der Waals surface area contributed by atoms with Crippen molar-refractivity contribution in [2.75, 3.05) is 26.3 Å². The monoisotopic (exact) mass is 404 g/mol. The summed E-state index contributed by atoms with van der Waals surface area (Å²) in [5.74, 6) is -0.790. The molecule has 0 saturated carbocycles. The fourth-order valence-corrected chi connectivity index (χ4v) is 3.00. The van der Waals surface area contributed by atoms with Gasteiger partial charge in [-0.3, -0.25) is 19.0 Å². The second-order valence-electron chi connectivity index (χ2n) is 5.66. The van der Waals surface area contributed by atoms with Crippen molar-refractivity contribution in [2.45, 2.75) is 6.04 Å². The molecule has 0 bridgehead atoms. The number of carbonyl (C=O) groups is 2. The third-order valence-corrected chi connectivity index (χ3v) is 4.59. The van der Waals surface area contributed by atoms with E-state index in [9.17, 15) is 14.4 Å². The molecule has 0 radical (unpaired) electrons. The molecule has 1 atom stereocenters. The van der Waals surface area contributed by atoms with Gasteiger partial charge in [0.25, 0.3) is 11.5 Å². The molecule has 1 aliphatic rings. The number of carbonyl (C=O) groups excluding carboxylic acids is 2. The standard InChI is InChI=1S/C18H17BrN2O4/c19-14-6-4-13(5-7-14)17(23)16(21-8-2-1-3-15(21)22)18(24)20-9-11-25-12-10-20/h1-8,16H,9-12H2. The van der Waals surface area contributed by atoms with Crippen LogP contribution in [0.25, 0.3) is 0 Å². The average Bonchev–Trinajstić information content (AvgIpc) is 2.64. The molecule has 0 N–H and O–H groups in total. The molecule has 2 aromatic rings. The Labute approximate surface area is 153 Å². The molecular weight excluding hydrogens is 388 g/mol. The number of morpholine rings is 1. The zero-order chi connectivity index (χ0) is 17.8. The third-order valence-electron chi connectivity index (χ3n) is 4.06. The summed E-state index contributed by atoms with van der Waals surface area (Å²) in [6.45, 7) is 1.66. The molecular formula is C18H17BrN2O4. The largest absolute Gasteiger partial charge is 0.378 e. The van der Waals surface area contributed by atoms with E-state index >= 15 is 0 Å². The number of aromatic nitrogens is 1. The van der Waals surface area contributed by atoms with Gasteiger partial charge in [-0.2, -0.15) is 0 Å². The molecule has 3 rings (SSSR count). The Balaban J connectivity index is 2.00. The van der Waals surface area contributed by atoms with Gasteiger partial charge >= 0.3 is 0 Å². The van der Waals surface area contributed by atoms with Gasteiger partial charge in [-0.25, -0.2) is 0 Å². The van der Waals surface area contributed by atoms with E-state index in [2.05, 4.69) is 15.9 Å². The molecule has 1 saturated heterocycles. The maximum atomic E-state index is 13.0. The fraction of sp³-hybridized carbons (Fsp3) is 0.278. The average molecular weight is 405 g/mol. The molecule has 0 aliphatic carbocycles. The highest BCUT2D eigenvalue weighted by Crippen LogP contribution is 2.19. The number of ether oxygens (including phenoxy) is 1. The van der Waals surface area contributed by atoms with Crippen LogP contribution in [0.4, 0.5) is 0 Å². The van der Waals surface area contributed by atoms with Crippen molar-refractivity contribution in [1.82, 2.24) is 9.47 Å². The van der Waals surface area contributed by atoms with Gasteiger partial charge in [-0.15, -0.1) is 0 Å². The van der Waals surface area contributed by atoms with E-state index < -0.39 is 11.8 Å². The number of Topliss-reactive ketones (excluding diaryl/α,β-unsaturated/α-hetero) is 1. The van der Waals surface area contributed by atoms with E-state index in [0.29, 0.717) is 31.9 Å². The minimum Gasteiger partial charge on any atom is -0.378 e. The van der Waals surface area contributed by atoms with Crippen molar-refractivity contribution in [3.63, 3.8) is 0 Å². The second-order valence-corrected chi connectivity index (χ2v) is 6.57. The lowest BCUT2D eigenvalue weighted by atomic mass is 10.0. The number of nitrogens with zero attached hydrogens (tertiary/aromatic N) is 2. The minimum atomic E-state index is -1.21. The van der Waals surface area contributed by atoms with Crippen LogP contribution in [0.15, 0.2) is 57.9 Å². The lowest BCUT2D eigenvalue weighted by Crippen LogP contribution is -2.48. The van der Waals surface area contributed by atoms with Crippen LogP contribution in [-0.2, 0) is 9.53 Å². The topological polar surface area (TPSA) is 68.6 Å². The molecule has 1 fully saturated rings. The molecule has 7 heteroatoms. The van der Waals surface area contributed by atoms with Crippen LogP contribution < -0.4 is 5.56 Å². The van der Waals surface area contributed by atoms with Crippen molar-refractivity contribution >= 4 is 27.6 Å². The van der Waals surface area contributed by atoms with Crippen molar-refractivity contribution in [3.8, 4) is 0 Å². The predicted molar refractivity (Wildman–Crippen MR) is 95.6 cm³/mol. The molecule has 1 aliphatic heterocycles. The van der Waals surface area contributed by atoms with Crippen LogP contribution in [0.5, 0.6) is 0 Å². The van der Waals surface area contributed by atoms with Gasteiger partial charge in [0.05, 0.1) is 13.2 Å². The lowest BCUT2D eigenvalue weighted by Gasteiger charge is -2.30. The van der Waals surface area contributed by atoms with Gasteiger partial charge in [0.15, 0.2) is 11.8 Å². The number of benzene rings is 1. The Morgan fingerprint density at radius 3 is 2.36 bits per heavy atom. The molecule has 1 unspecified atom stereocenters. The maximum Gasteiger partial charge on any atom is 0.254 e. The van der Waals surface area contributed by atoms with Gasteiger partial charge in [0.1, 0.15) is 0 Å². The molecule has 2 heterocycles. The zero-order valence-corrected chi connectivity index (χ0v) is 15.0. The molecule has 1 aromatic carbocycles. The van der Waals surface area contributed by atoms with Gasteiger partial charge in [0.2, 0.25) is 0 Å².